The predicted molar refractivity (Wildman–Crippen MR) is 183 cm³/mol. The van der Waals surface area contributed by atoms with E-state index >= 15 is 0 Å². The minimum Gasteiger partial charge on any atom is -0.480 e. The fraction of sp³-hybridized carbons (Fsp3) is 0.781. The molecule has 1 rings (SSSR count). The number of nitrogens with one attached hydrogen (secondary N) is 5. The van der Waals surface area contributed by atoms with Crippen molar-refractivity contribution in [3.63, 3.8) is 0 Å². The van der Waals surface area contributed by atoms with E-state index in [-0.39, 0.29) is 25.3 Å². The number of aliphatic hydroxyl groups is 3. The average molecular weight is 731 g/mol. The van der Waals surface area contributed by atoms with Gasteiger partial charge < -0.3 is 63.4 Å². The SMILES string of the molecule is CC[C@H](C)[C@H](NC(=O)[C@@H](N)CO)C(=O)N[C@@H](CCCCN)C(=O)N[C@H](C(=O)N1CCC[C@H]1C(=O)N[C@@H](CO)C(=O)N[C@@H](CO)C(=O)O)[C@@H](C)CC. The highest BCUT2D eigenvalue weighted by Gasteiger charge is 2.41. The van der Waals surface area contributed by atoms with Crippen LogP contribution in [0.3, 0.4) is 0 Å². The summed E-state index contributed by atoms with van der Waals surface area (Å²) in [5.41, 5.74) is 11.3. The Kier molecular flexibility index (Phi) is 20.2. The van der Waals surface area contributed by atoms with Crippen molar-refractivity contribution in [3.05, 3.63) is 0 Å². The van der Waals surface area contributed by atoms with Gasteiger partial charge in [0.25, 0.3) is 0 Å². The van der Waals surface area contributed by atoms with Crippen molar-refractivity contribution in [1.29, 1.82) is 0 Å². The summed E-state index contributed by atoms with van der Waals surface area (Å²) in [5.74, 6) is -6.82. The topological polar surface area (TPSA) is 316 Å². The lowest BCUT2D eigenvalue weighted by Gasteiger charge is -2.33. The third kappa shape index (κ3) is 13.6. The number of carbonyl (C=O) groups is 7. The second kappa shape index (κ2) is 22.8. The first kappa shape index (κ1) is 45.1. The second-order valence-corrected chi connectivity index (χ2v) is 12.9. The maximum Gasteiger partial charge on any atom is 0.328 e. The Morgan fingerprint density at radius 3 is 1.80 bits per heavy atom. The van der Waals surface area contributed by atoms with Gasteiger partial charge in [0.15, 0.2) is 0 Å². The number of nitrogens with two attached hydrogens (primary N) is 2. The Labute approximate surface area is 298 Å². The average Bonchev–Trinajstić information content (AvgIpc) is 3.62. The van der Waals surface area contributed by atoms with E-state index in [1.165, 1.54) is 4.90 Å². The van der Waals surface area contributed by atoms with E-state index < -0.39 is 109 Å². The molecule has 0 aromatic rings. The smallest absolute Gasteiger partial charge is 0.328 e. The summed E-state index contributed by atoms with van der Waals surface area (Å²) in [6, 6.07) is -8.92. The summed E-state index contributed by atoms with van der Waals surface area (Å²) in [4.78, 5) is 92.1. The number of rotatable bonds is 23. The predicted octanol–water partition coefficient (Wildman–Crippen LogP) is -3.99. The number of amides is 6. The summed E-state index contributed by atoms with van der Waals surface area (Å²) in [5, 5.41) is 49.7. The van der Waals surface area contributed by atoms with Crippen LogP contribution in [-0.4, -0.2) is 142 Å². The highest BCUT2D eigenvalue weighted by Crippen LogP contribution is 2.22. The van der Waals surface area contributed by atoms with E-state index in [9.17, 15) is 48.9 Å². The van der Waals surface area contributed by atoms with Gasteiger partial charge in [0.1, 0.15) is 42.3 Å². The van der Waals surface area contributed by atoms with Gasteiger partial charge in [0.2, 0.25) is 35.4 Å². The molecule has 0 aromatic carbocycles. The lowest BCUT2D eigenvalue weighted by Crippen LogP contribution is -2.61. The molecule has 19 nitrogen and oxygen atoms in total. The quantitative estimate of drug-likeness (QED) is 0.0448. The lowest BCUT2D eigenvalue weighted by atomic mass is 9.95. The van der Waals surface area contributed by atoms with E-state index in [1.54, 1.807) is 13.8 Å². The largest absolute Gasteiger partial charge is 0.480 e. The number of carboxylic acid groups (broad SMARTS) is 1. The molecule has 0 unspecified atom stereocenters. The molecule has 1 fully saturated rings. The minimum absolute atomic E-state index is 0.143. The molecule has 292 valence electrons. The Morgan fingerprint density at radius 1 is 0.725 bits per heavy atom. The molecule has 0 spiro atoms. The van der Waals surface area contributed by atoms with Crippen LogP contribution in [0.1, 0.15) is 72.6 Å². The summed E-state index contributed by atoms with van der Waals surface area (Å²) < 4.78 is 0. The molecular formula is C32H58N8O11. The molecule has 0 aliphatic carbocycles. The molecule has 0 radical (unpaired) electrons. The van der Waals surface area contributed by atoms with Crippen molar-refractivity contribution in [1.82, 2.24) is 31.5 Å². The van der Waals surface area contributed by atoms with E-state index in [0.29, 0.717) is 38.6 Å². The van der Waals surface area contributed by atoms with Gasteiger partial charge in [-0.05, 0) is 50.5 Å². The second-order valence-electron chi connectivity index (χ2n) is 12.9. The first-order valence-corrected chi connectivity index (χ1v) is 17.4. The summed E-state index contributed by atoms with van der Waals surface area (Å²) in [6.45, 7) is 5.11. The Morgan fingerprint density at radius 2 is 1.27 bits per heavy atom. The Balaban J connectivity index is 3.24. The van der Waals surface area contributed by atoms with Crippen LogP contribution in [0.2, 0.25) is 0 Å². The van der Waals surface area contributed by atoms with Gasteiger partial charge in [-0.25, -0.2) is 4.79 Å². The number of carboxylic acids is 1. The van der Waals surface area contributed by atoms with Gasteiger partial charge in [-0.2, -0.15) is 0 Å². The highest BCUT2D eigenvalue weighted by atomic mass is 16.4. The van der Waals surface area contributed by atoms with Gasteiger partial charge in [0, 0.05) is 6.54 Å². The lowest BCUT2D eigenvalue weighted by molar-refractivity contribution is -0.145. The number of aliphatic carboxylic acids is 1. The number of unbranched alkanes of at least 4 members (excludes halogenated alkanes) is 1. The molecule has 19 heteroatoms. The summed E-state index contributed by atoms with van der Waals surface area (Å²) >= 11 is 0. The van der Waals surface area contributed by atoms with E-state index in [4.69, 9.17) is 16.6 Å². The number of nitrogens with zero attached hydrogens (tertiary/aromatic N) is 1. The third-order valence-corrected chi connectivity index (χ3v) is 9.13. The fourth-order valence-electron chi connectivity index (χ4n) is 5.41. The van der Waals surface area contributed by atoms with Gasteiger partial charge in [-0.1, -0.05) is 40.5 Å². The van der Waals surface area contributed by atoms with Crippen LogP contribution in [0.25, 0.3) is 0 Å². The van der Waals surface area contributed by atoms with Crippen LogP contribution in [0.4, 0.5) is 0 Å². The molecule has 51 heavy (non-hydrogen) atoms. The van der Waals surface area contributed by atoms with Crippen molar-refractivity contribution in [3.8, 4) is 0 Å². The zero-order chi connectivity index (χ0) is 38.8. The Hall–Kier alpha value is -3.91. The summed E-state index contributed by atoms with van der Waals surface area (Å²) in [6.07, 6.45) is 2.69. The number of hydrogen-bond donors (Lipinski definition) is 11. The standard InChI is InChI=1S/C32H58N8O11/c1-5-17(3)24(38-26(44)19(34)14-41)30(48)35-20(10-7-8-12-33)27(45)39-25(18(4)6-2)31(49)40-13-9-11-23(40)29(47)36-21(15-42)28(46)37-22(16-43)32(50)51/h17-25,41-43H,5-16,33-34H2,1-4H3,(H,35,48)(H,36,47)(H,37,46)(H,38,44)(H,39,45)(H,50,51)/t17-,18-,19-,20-,21-,22-,23-,24-,25-/m0/s1. The molecule has 0 bridgehead atoms. The highest BCUT2D eigenvalue weighted by molar-refractivity contribution is 5.97. The van der Waals surface area contributed by atoms with Crippen molar-refractivity contribution >= 4 is 41.4 Å². The van der Waals surface area contributed by atoms with Crippen LogP contribution >= 0.6 is 0 Å². The van der Waals surface area contributed by atoms with Crippen molar-refractivity contribution < 1.29 is 54.0 Å². The minimum atomic E-state index is -1.67. The van der Waals surface area contributed by atoms with Crippen LogP contribution in [-0.2, 0) is 33.6 Å². The third-order valence-electron chi connectivity index (χ3n) is 9.13. The molecule has 1 aliphatic heterocycles. The van der Waals surface area contributed by atoms with Gasteiger partial charge in [-0.15, -0.1) is 0 Å². The molecular weight excluding hydrogens is 672 g/mol. The van der Waals surface area contributed by atoms with Crippen molar-refractivity contribution in [2.75, 3.05) is 32.9 Å². The maximum absolute atomic E-state index is 14.0. The first-order valence-electron chi connectivity index (χ1n) is 17.4. The molecule has 6 amide bonds. The number of likely N-dealkylation sites (tertiary alicyclic amines) is 1. The molecule has 1 heterocycles. The number of aliphatic hydroxyl groups excluding tert-OH is 3. The van der Waals surface area contributed by atoms with E-state index in [1.807, 2.05) is 19.2 Å². The monoisotopic (exact) mass is 730 g/mol. The van der Waals surface area contributed by atoms with Crippen molar-refractivity contribution in [2.24, 2.45) is 23.3 Å². The van der Waals surface area contributed by atoms with E-state index in [0.717, 1.165) is 0 Å². The number of hydrogen-bond acceptors (Lipinski definition) is 12. The van der Waals surface area contributed by atoms with Crippen LogP contribution in [0.15, 0.2) is 0 Å². The normalized spacial score (nSPS) is 18.9. The van der Waals surface area contributed by atoms with Crippen LogP contribution in [0, 0.1) is 11.8 Å². The molecule has 13 N–H and O–H groups in total. The Bertz CT molecular complexity index is 1190. The molecule has 1 aliphatic rings. The summed E-state index contributed by atoms with van der Waals surface area (Å²) in [7, 11) is 0. The zero-order valence-corrected chi connectivity index (χ0v) is 29.9. The number of carbonyl (C=O) groups excluding carboxylic acids is 6. The van der Waals surface area contributed by atoms with Crippen LogP contribution in [0.5, 0.6) is 0 Å². The van der Waals surface area contributed by atoms with Crippen molar-refractivity contribution in [2.45, 2.75) is 115 Å². The fourth-order valence-corrected chi connectivity index (χ4v) is 5.41. The van der Waals surface area contributed by atoms with Gasteiger partial charge >= 0.3 is 5.97 Å². The molecule has 0 saturated carbocycles. The maximum atomic E-state index is 14.0. The molecule has 9 atom stereocenters. The first-order chi connectivity index (χ1) is 24.1. The van der Waals surface area contributed by atoms with Crippen LogP contribution < -0.4 is 38.1 Å². The molecule has 1 saturated heterocycles. The van der Waals surface area contributed by atoms with Gasteiger partial charge in [-0.3, -0.25) is 28.8 Å². The zero-order valence-electron chi connectivity index (χ0n) is 29.9. The molecule has 0 aromatic heterocycles. The van der Waals surface area contributed by atoms with Gasteiger partial charge in [0.05, 0.1) is 19.8 Å². The van der Waals surface area contributed by atoms with E-state index in [2.05, 4.69) is 21.3 Å².